The maximum atomic E-state index is 11.2. The molecular weight excluding hydrogens is 206 g/mol. The molecule has 96 valence electrons. The fourth-order valence-electron chi connectivity index (χ4n) is 1.20. The van der Waals surface area contributed by atoms with Crippen LogP contribution >= 0.6 is 0 Å². The summed E-state index contributed by atoms with van der Waals surface area (Å²) in [6.45, 7) is 7.86. The molecule has 0 aromatic carbocycles. The Bertz CT molecular complexity index is 199. The molecule has 0 saturated carbocycles. The number of carbonyl (C=O) groups is 1. The van der Waals surface area contributed by atoms with Gasteiger partial charge in [-0.1, -0.05) is 20.8 Å². The Morgan fingerprint density at radius 3 is 2.38 bits per heavy atom. The molecule has 0 aromatic rings. The second kappa shape index (κ2) is 7.63. The number of methoxy groups -OCH3 is 1. The molecule has 1 unspecified atom stereocenters. The van der Waals surface area contributed by atoms with Crippen molar-refractivity contribution in [3.05, 3.63) is 0 Å². The summed E-state index contributed by atoms with van der Waals surface area (Å²) in [4.78, 5) is 11.2. The van der Waals surface area contributed by atoms with Crippen LogP contribution in [0.5, 0.6) is 0 Å². The van der Waals surface area contributed by atoms with Crippen LogP contribution in [-0.4, -0.2) is 39.4 Å². The Hall–Kier alpha value is -0.610. The third kappa shape index (κ3) is 7.65. The fourth-order valence-corrected chi connectivity index (χ4v) is 1.20. The topological polar surface area (TPSA) is 47.6 Å². The lowest BCUT2D eigenvalue weighted by Crippen LogP contribution is -2.36. The zero-order valence-electron chi connectivity index (χ0n) is 11.1. The van der Waals surface area contributed by atoms with Gasteiger partial charge >= 0.3 is 5.97 Å². The van der Waals surface area contributed by atoms with Crippen molar-refractivity contribution in [2.75, 3.05) is 27.4 Å². The molecule has 1 atom stereocenters. The molecule has 0 spiro atoms. The van der Waals surface area contributed by atoms with Gasteiger partial charge in [-0.05, 0) is 25.3 Å². The predicted octanol–water partition coefficient (Wildman–Crippen LogP) is 1.59. The lowest BCUT2D eigenvalue weighted by molar-refractivity contribution is -0.143. The molecule has 0 saturated heterocycles. The van der Waals surface area contributed by atoms with E-state index in [0.717, 1.165) is 13.0 Å². The number of likely N-dealkylation sites (N-methyl/N-ethyl adjacent to an activating group) is 1. The van der Waals surface area contributed by atoms with Crippen LogP contribution in [0.15, 0.2) is 0 Å². The second-order valence-electron chi connectivity index (χ2n) is 5.08. The van der Waals surface area contributed by atoms with Crippen molar-refractivity contribution in [1.29, 1.82) is 0 Å². The van der Waals surface area contributed by atoms with E-state index in [9.17, 15) is 4.79 Å². The Morgan fingerprint density at radius 1 is 1.31 bits per heavy atom. The summed E-state index contributed by atoms with van der Waals surface area (Å²) >= 11 is 0. The number of carbonyl (C=O) groups excluding carboxylic acids is 1. The van der Waals surface area contributed by atoms with Crippen LogP contribution in [0.4, 0.5) is 0 Å². The number of rotatable bonds is 7. The van der Waals surface area contributed by atoms with Crippen molar-refractivity contribution in [2.24, 2.45) is 5.41 Å². The van der Waals surface area contributed by atoms with Crippen LogP contribution in [0.25, 0.3) is 0 Å². The largest absolute Gasteiger partial charge is 0.468 e. The first-order valence-corrected chi connectivity index (χ1v) is 5.73. The minimum Gasteiger partial charge on any atom is -0.468 e. The quantitative estimate of drug-likeness (QED) is 0.534. The SMILES string of the molecule is CNC(CCOCCC(C)(C)C)C(=O)OC. The number of esters is 1. The standard InChI is InChI=1S/C12H25NO3/c1-12(2,3)7-9-16-8-6-10(13-4)11(14)15-5/h10,13H,6-9H2,1-5H3. The molecule has 4 heteroatoms. The molecule has 0 amide bonds. The van der Waals surface area contributed by atoms with Gasteiger partial charge in [-0.25, -0.2) is 0 Å². The molecule has 0 rings (SSSR count). The van der Waals surface area contributed by atoms with E-state index in [1.807, 2.05) is 0 Å². The Morgan fingerprint density at radius 2 is 1.94 bits per heavy atom. The van der Waals surface area contributed by atoms with Crippen molar-refractivity contribution < 1.29 is 14.3 Å². The molecule has 16 heavy (non-hydrogen) atoms. The average Bonchev–Trinajstić information content (AvgIpc) is 2.21. The summed E-state index contributed by atoms with van der Waals surface area (Å²) in [5, 5.41) is 2.91. The molecule has 0 aromatic heterocycles. The lowest BCUT2D eigenvalue weighted by atomic mass is 9.93. The summed E-state index contributed by atoms with van der Waals surface area (Å²) in [6, 6.07) is -0.264. The summed E-state index contributed by atoms with van der Waals surface area (Å²) < 4.78 is 10.1. The first kappa shape index (κ1) is 15.4. The molecule has 0 aliphatic carbocycles. The number of hydrogen-bond acceptors (Lipinski definition) is 4. The van der Waals surface area contributed by atoms with Gasteiger partial charge in [0.1, 0.15) is 6.04 Å². The molecule has 0 heterocycles. The minimum absolute atomic E-state index is 0.234. The van der Waals surface area contributed by atoms with Gasteiger partial charge < -0.3 is 14.8 Å². The van der Waals surface area contributed by atoms with Gasteiger partial charge in [0.2, 0.25) is 0 Å². The van der Waals surface area contributed by atoms with E-state index in [1.54, 1.807) is 7.05 Å². The maximum Gasteiger partial charge on any atom is 0.322 e. The van der Waals surface area contributed by atoms with Crippen molar-refractivity contribution in [3.63, 3.8) is 0 Å². The Labute approximate surface area is 98.7 Å². The highest BCUT2D eigenvalue weighted by molar-refractivity contribution is 5.75. The maximum absolute atomic E-state index is 11.2. The molecular formula is C12H25NO3. The van der Waals surface area contributed by atoms with Gasteiger partial charge in [0.05, 0.1) is 7.11 Å². The number of ether oxygens (including phenoxy) is 2. The van der Waals surface area contributed by atoms with Crippen LogP contribution < -0.4 is 5.32 Å². The van der Waals surface area contributed by atoms with E-state index in [1.165, 1.54) is 7.11 Å². The zero-order valence-corrected chi connectivity index (χ0v) is 11.1. The van der Waals surface area contributed by atoms with E-state index in [-0.39, 0.29) is 12.0 Å². The monoisotopic (exact) mass is 231 g/mol. The van der Waals surface area contributed by atoms with E-state index >= 15 is 0 Å². The summed E-state index contributed by atoms with van der Waals surface area (Å²) in [7, 11) is 3.14. The first-order chi connectivity index (χ1) is 7.40. The van der Waals surface area contributed by atoms with Crippen LogP contribution in [0.1, 0.15) is 33.6 Å². The Kier molecular flexibility index (Phi) is 7.34. The second-order valence-corrected chi connectivity index (χ2v) is 5.08. The highest BCUT2D eigenvalue weighted by Crippen LogP contribution is 2.17. The smallest absolute Gasteiger partial charge is 0.322 e. The van der Waals surface area contributed by atoms with Crippen LogP contribution in [0.2, 0.25) is 0 Å². The van der Waals surface area contributed by atoms with Crippen molar-refractivity contribution in [3.8, 4) is 0 Å². The van der Waals surface area contributed by atoms with Crippen molar-refractivity contribution in [1.82, 2.24) is 5.32 Å². The number of hydrogen-bond donors (Lipinski definition) is 1. The van der Waals surface area contributed by atoms with Gasteiger partial charge in [0.15, 0.2) is 0 Å². The number of nitrogens with one attached hydrogen (secondary N) is 1. The summed E-state index contributed by atoms with van der Waals surface area (Å²) in [5.74, 6) is -0.234. The predicted molar refractivity (Wildman–Crippen MR) is 64.4 cm³/mol. The highest BCUT2D eigenvalue weighted by atomic mass is 16.5. The molecule has 0 fully saturated rings. The van der Waals surface area contributed by atoms with Gasteiger partial charge in [-0.15, -0.1) is 0 Å². The molecule has 0 bridgehead atoms. The molecule has 0 radical (unpaired) electrons. The van der Waals surface area contributed by atoms with Crippen LogP contribution in [-0.2, 0) is 14.3 Å². The normalized spacial score (nSPS) is 13.6. The summed E-state index contributed by atoms with van der Waals surface area (Å²) in [5.41, 5.74) is 0.296. The minimum atomic E-state index is -0.264. The van der Waals surface area contributed by atoms with E-state index in [4.69, 9.17) is 4.74 Å². The third-order valence-corrected chi connectivity index (χ3v) is 2.38. The van der Waals surface area contributed by atoms with E-state index < -0.39 is 0 Å². The summed E-state index contributed by atoms with van der Waals surface area (Å²) in [6.07, 6.45) is 1.67. The van der Waals surface area contributed by atoms with Gasteiger partial charge in [0, 0.05) is 13.2 Å². The Balaban J connectivity index is 3.60. The molecule has 4 nitrogen and oxygen atoms in total. The zero-order chi connectivity index (χ0) is 12.6. The average molecular weight is 231 g/mol. The van der Waals surface area contributed by atoms with Gasteiger partial charge in [-0.3, -0.25) is 4.79 Å². The van der Waals surface area contributed by atoms with Crippen molar-refractivity contribution in [2.45, 2.75) is 39.7 Å². The van der Waals surface area contributed by atoms with Gasteiger partial charge in [-0.2, -0.15) is 0 Å². The molecule has 0 aliphatic heterocycles. The van der Waals surface area contributed by atoms with E-state index in [0.29, 0.717) is 18.4 Å². The first-order valence-electron chi connectivity index (χ1n) is 5.73. The lowest BCUT2D eigenvalue weighted by Gasteiger charge is -2.18. The van der Waals surface area contributed by atoms with Crippen LogP contribution in [0, 0.1) is 5.41 Å². The molecule has 1 N–H and O–H groups in total. The fraction of sp³-hybridized carbons (Fsp3) is 0.917. The van der Waals surface area contributed by atoms with Crippen molar-refractivity contribution >= 4 is 5.97 Å². The van der Waals surface area contributed by atoms with Crippen LogP contribution in [0.3, 0.4) is 0 Å². The molecule has 0 aliphatic rings. The van der Waals surface area contributed by atoms with Gasteiger partial charge in [0.25, 0.3) is 0 Å². The van der Waals surface area contributed by atoms with E-state index in [2.05, 4.69) is 30.8 Å². The highest BCUT2D eigenvalue weighted by Gasteiger charge is 2.16. The third-order valence-electron chi connectivity index (χ3n) is 2.38.